The second-order valence-corrected chi connectivity index (χ2v) is 4.94. The summed E-state index contributed by atoms with van der Waals surface area (Å²) in [6.07, 6.45) is 1.15. The average Bonchev–Trinajstić information content (AvgIpc) is 2.41. The Balaban J connectivity index is 2.46. The molecule has 0 saturated carbocycles. The van der Waals surface area contributed by atoms with Gasteiger partial charge in [0.05, 0.1) is 17.8 Å². The summed E-state index contributed by atoms with van der Waals surface area (Å²) < 4.78 is 15.0. The molecule has 9 heteroatoms. The number of nitrogens with zero attached hydrogens (tertiary/aromatic N) is 3. The van der Waals surface area contributed by atoms with Gasteiger partial charge in [-0.2, -0.15) is 4.39 Å². The summed E-state index contributed by atoms with van der Waals surface area (Å²) in [4.78, 5) is 25.4. The van der Waals surface area contributed by atoms with Gasteiger partial charge in [0, 0.05) is 11.6 Å². The summed E-state index contributed by atoms with van der Waals surface area (Å²) >= 11 is 8.62. The van der Waals surface area contributed by atoms with E-state index in [-0.39, 0.29) is 21.7 Å². The fourth-order valence-electron chi connectivity index (χ4n) is 1.57. The summed E-state index contributed by atoms with van der Waals surface area (Å²) in [5.74, 6) is -0.976. The highest BCUT2D eigenvalue weighted by molar-refractivity contribution is 9.10. The zero-order valence-corrected chi connectivity index (χ0v) is 12.1. The molecule has 0 saturated heterocycles. The molecular formula is C11H6BrClFN3O3. The number of aromatic nitrogens is 2. The molecule has 0 atom stereocenters. The molecule has 2 rings (SSSR count). The fraction of sp³-hybridized carbons (Fsp3) is 0.0909. The van der Waals surface area contributed by atoms with Crippen LogP contribution in [0.4, 0.5) is 10.1 Å². The van der Waals surface area contributed by atoms with Crippen LogP contribution in [0.15, 0.2) is 33.8 Å². The van der Waals surface area contributed by atoms with Crippen LogP contribution >= 0.6 is 27.5 Å². The maximum absolute atomic E-state index is 13.9. The van der Waals surface area contributed by atoms with E-state index in [9.17, 15) is 19.3 Å². The third kappa shape index (κ3) is 2.70. The molecule has 0 aliphatic heterocycles. The summed E-state index contributed by atoms with van der Waals surface area (Å²) in [7, 11) is 0. The van der Waals surface area contributed by atoms with E-state index in [0.29, 0.717) is 0 Å². The number of hydrogen-bond donors (Lipinski definition) is 0. The Morgan fingerprint density at radius 2 is 2.20 bits per heavy atom. The molecule has 0 bridgehead atoms. The normalized spacial score (nSPS) is 10.6. The van der Waals surface area contributed by atoms with Crippen LogP contribution in [-0.4, -0.2) is 14.5 Å². The average molecular weight is 363 g/mol. The first kappa shape index (κ1) is 14.6. The van der Waals surface area contributed by atoms with Crippen molar-refractivity contribution in [1.29, 1.82) is 0 Å². The summed E-state index contributed by atoms with van der Waals surface area (Å²) in [6, 6.07) is 3.76. The Hall–Kier alpha value is -1.80. The molecule has 20 heavy (non-hydrogen) atoms. The monoisotopic (exact) mass is 361 g/mol. The number of nitro groups is 1. The standard InChI is InChI=1S/C11H6BrClFN3O3/c12-8-10(13)15-5-16(11(8)18)4-6-2-1-3-7(9(6)14)17(19)20/h1-3,5H,4H2. The van der Waals surface area contributed by atoms with Gasteiger partial charge in [0.25, 0.3) is 5.56 Å². The second-order valence-electron chi connectivity index (χ2n) is 3.79. The minimum Gasteiger partial charge on any atom is -0.294 e. The van der Waals surface area contributed by atoms with Gasteiger partial charge in [-0.25, -0.2) is 4.98 Å². The van der Waals surface area contributed by atoms with E-state index in [1.54, 1.807) is 0 Å². The highest BCUT2D eigenvalue weighted by Gasteiger charge is 2.18. The molecule has 0 fully saturated rings. The van der Waals surface area contributed by atoms with E-state index in [1.807, 2.05) is 0 Å². The van der Waals surface area contributed by atoms with Gasteiger partial charge in [-0.3, -0.25) is 19.5 Å². The van der Waals surface area contributed by atoms with Crippen molar-refractivity contribution in [2.45, 2.75) is 6.54 Å². The van der Waals surface area contributed by atoms with Crippen LogP contribution in [-0.2, 0) is 6.54 Å². The Bertz CT molecular complexity index is 750. The van der Waals surface area contributed by atoms with Crippen molar-refractivity contribution in [3.8, 4) is 0 Å². The fourth-order valence-corrected chi connectivity index (χ4v) is 2.02. The summed E-state index contributed by atoms with van der Waals surface area (Å²) in [5.41, 5.74) is -1.13. The molecular weight excluding hydrogens is 356 g/mol. The largest absolute Gasteiger partial charge is 0.305 e. The minimum atomic E-state index is -0.976. The van der Waals surface area contributed by atoms with Crippen molar-refractivity contribution in [3.63, 3.8) is 0 Å². The van der Waals surface area contributed by atoms with E-state index in [1.165, 1.54) is 12.1 Å². The quantitative estimate of drug-likeness (QED) is 0.478. The first-order valence-electron chi connectivity index (χ1n) is 5.24. The smallest absolute Gasteiger partial charge is 0.294 e. The van der Waals surface area contributed by atoms with Crippen LogP contribution in [0.5, 0.6) is 0 Å². The van der Waals surface area contributed by atoms with Crippen LogP contribution in [0, 0.1) is 15.9 Å². The van der Waals surface area contributed by atoms with Gasteiger partial charge in [0.1, 0.15) is 4.47 Å². The Kier molecular flexibility index (Phi) is 4.15. The van der Waals surface area contributed by atoms with E-state index in [4.69, 9.17) is 11.6 Å². The SMILES string of the molecule is O=c1c(Br)c(Cl)ncn1Cc1cccc([N+](=O)[O-])c1F. The van der Waals surface area contributed by atoms with E-state index in [2.05, 4.69) is 20.9 Å². The lowest BCUT2D eigenvalue weighted by atomic mass is 10.2. The van der Waals surface area contributed by atoms with Crippen molar-refractivity contribution in [2.24, 2.45) is 0 Å². The van der Waals surface area contributed by atoms with Gasteiger partial charge in [0.2, 0.25) is 5.82 Å². The van der Waals surface area contributed by atoms with Crippen LogP contribution in [0.1, 0.15) is 5.56 Å². The predicted molar refractivity (Wildman–Crippen MR) is 73.4 cm³/mol. The van der Waals surface area contributed by atoms with Crippen molar-refractivity contribution in [1.82, 2.24) is 9.55 Å². The number of benzene rings is 1. The maximum atomic E-state index is 13.9. The first-order chi connectivity index (χ1) is 9.41. The third-order valence-corrected chi connectivity index (χ3v) is 3.77. The van der Waals surface area contributed by atoms with Gasteiger partial charge in [-0.15, -0.1) is 0 Å². The van der Waals surface area contributed by atoms with E-state index in [0.717, 1.165) is 17.0 Å². The van der Waals surface area contributed by atoms with Crippen LogP contribution < -0.4 is 5.56 Å². The van der Waals surface area contributed by atoms with Crippen LogP contribution in [0.25, 0.3) is 0 Å². The topological polar surface area (TPSA) is 78.0 Å². The minimum absolute atomic E-state index is 0.00855. The van der Waals surface area contributed by atoms with Crippen molar-refractivity contribution >= 4 is 33.2 Å². The molecule has 0 aliphatic rings. The summed E-state index contributed by atoms with van der Waals surface area (Å²) in [6.45, 7) is -0.185. The number of rotatable bonds is 3. The molecule has 1 aromatic carbocycles. The van der Waals surface area contributed by atoms with Crippen LogP contribution in [0.2, 0.25) is 5.15 Å². The third-order valence-electron chi connectivity index (χ3n) is 2.54. The van der Waals surface area contributed by atoms with Crippen molar-refractivity contribution in [2.75, 3.05) is 0 Å². The van der Waals surface area contributed by atoms with Crippen LogP contribution in [0.3, 0.4) is 0 Å². The van der Waals surface area contributed by atoms with Gasteiger partial charge < -0.3 is 0 Å². The molecule has 1 heterocycles. The maximum Gasteiger partial charge on any atom is 0.305 e. The zero-order valence-electron chi connectivity index (χ0n) is 9.72. The molecule has 2 aromatic rings. The van der Waals surface area contributed by atoms with Crippen molar-refractivity contribution < 1.29 is 9.31 Å². The predicted octanol–water partition coefficient (Wildman–Crippen LogP) is 2.75. The molecule has 104 valence electrons. The lowest BCUT2D eigenvalue weighted by molar-refractivity contribution is -0.387. The summed E-state index contributed by atoms with van der Waals surface area (Å²) in [5, 5.41) is 10.6. The molecule has 0 radical (unpaired) electrons. The van der Waals surface area contributed by atoms with Gasteiger partial charge in [-0.1, -0.05) is 23.7 Å². The first-order valence-corrected chi connectivity index (χ1v) is 6.41. The van der Waals surface area contributed by atoms with Gasteiger partial charge in [0.15, 0.2) is 5.15 Å². The molecule has 0 amide bonds. The Morgan fingerprint density at radius 1 is 1.50 bits per heavy atom. The molecule has 1 aromatic heterocycles. The molecule has 0 spiro atoms. The van der Waals surface area contributed by atoms with Gasteiger partial charge in [-0.05, 0) is 15.9 Å². The lowest BCUT2D eigenvalue weighted by Gasteiger charge is -2.07. The molecule has 0 aliphatic carbocycles. The number of halogens is 3. The lowest BCUT2D eigenvalue weighted by Crippen LogP contribution is -2.22. The van der Waals surface area contributed by atoms with Gasteiger partial charge >= 0.3 is 5.69 Å². The van der Waals surface area contributed by atoms with E-state index >= 15 is 0 Å². The van der Waals surface area contributed by atoms with E-state index < -0.39 is 22.0 Å². The molecule has 6 nitrogen and oxygen atoms in total. The number of nitro benzene ring substituents is 1. The van der Waals surface area contributed by atoms with Crippen molar-refractivity contribution in [3.05, 3.63) is 66.0 Å². The Morgan fingerprint density at radius 3 is 2.85 bits per heavy atom. The zero-order chi connectivity index (χ0) is 14.9. The second kappa shape index (κ2) is 5.68. The number of hydrogen-bond acceptors (Lipinski definition) is 4. The highest BCUT2D eigenvalue weighted by atomic mass is 79.9. The molecule has 0 unspecified atom stereocenters. The Labute approximate surface area is 125 Å². The highest BCUT2D eigenvalue weighted by Crippen LogP contribution is 2.21. The molecule has 0 N–H and O–H groups in total.